The van der Waals surface area contributed by atoms with Crippen molar-refractivity contribution >= 4 is 5.82 Å². The first-order valence-corrected chi connectivity index (χ1v) is 8.20. The van der Waals surface area contributed by atoms with E-state index in [1.807, 2.05) is 42.5 Å². The van der Waals surface area contributed by atoms with Gasteiger partial charge in [0, 0.05) is 31.9 Å². The van der Waals surface area contributed by atoms with Crippen molar-refractivity contribution in [1.29, 1.82) is 0 Å². The molecule has 0 aliphatic carbocycles. The van der Waals surface area contributed by atoms with E-state index in [4.69, 9.17) is 0 Å². The number of hydrogen-bond acceptors (Lipinski definition) is 5. The van der Waals surface area contributed by atoms with E-state index in [0.29, 0.717) is 12.6 Å². The highest BCUT2D eigenvalue weighted by atomic mass is 16.3. The average Bonchev–Trinajstić information content (AvgIpc) is 2.63. The molecule has 0 unspecified atom stereocenters. The highest BCUT2D eigenvalue weighted by molar-refractivity contribution is 5.37. The molecule has 1 aliphatic heterocycles. The number of nitrogens with zero attached hydrogens (tertiary/aromatic N) is 4. The van der Waals surface area contributed by atoms with Crippen LogP contribution in [0.5, 0.6) is 0 Å². The molecular weight excluding hydrogens is 288 g/mol. The Morgan fingerprint density at radius 1 is 1.26 bits per heavy atom. The van der Waals surface area contributed by atoms with Crippen molar-refractivity contribution in [3.8, 4) is 0 Å². The molecule has 2 heterocycles. The standard InChI is InChI=1S/C18H24N4O/c1-21(14-17(23)15-7-3-2-4-8-15)16-9-6-12-22(13-16)18-10-5-11-19-20-18/h2-5,7-8,10-11,16-17,23H,6,9,12-14H2,1H3/t16-,17+/m0/s1. The number of aromatic nitrogens is 2. The fourth-order valence-corrected chi connectivity index (χ4v) is 3.19. The quantitative estimate of drug-likeness (QED) is 0.916. The molecule has 0 amide bonds. The summed E-state index contributed by atoms with van der Waals surface area (Å²) in [6, 6.07) is 14.2. The van der Waals surface area contributed by atoms with Gasteiger partial charge in [0.25, 0.3) is 0 Å². The summed E-state index contributed by atoms with van der Waals surface area (Å²) in [5, 5.41) is 18.6. The van der Waals surface area contributed by atoms with Crippen molar-refractivity contribution in [3.05, 3.63) is 54.2 Å². The molecular formula is C18H24N4O. The normalized spacial score (nSPS) is 19.8. The van der Waals surface area contributed by atoms with E-state index >= 15 is 0 Å². The third-order valence-electron chi connectivity index (χ3n) is 4.55. The average molecular weight is 312 g/mol. The highest BCUT2D eigenvalue weighted by Gasteiger charge is 2.25. The van der Waals surface area contributed by atoms with E-state index < -0.39 is 6.10 Å². The van der Waals surface area contributed by atoms with Gasteiger partial charge >= 0.3 is 0 Å². The zero-order valence-corrected chi connectivity index (χ0v) is 13.5. The Bertz CT molecular complexity index is 592. The Morgan fingerprint density at radius 2 is 2.09 bits per heavy atom. The van der Waals surface area contributed by atoms with Crippen molar-refractivity contribution in [2.24, 2.45) is 0 Å². The van der Waals surface area contributed by atoms with E-state index in [9.17, 15) is 5.11 Å². The second-order valence-corrected chi connectivity index (χ2v) is 6.19. The van der Waals surface area contributed by atoms with Gasteiger partial charge in [-0.2, -0.15) is 5.10 Å². The van der Waals surface area contributed by atoms with Crippen LogP contribution in [0.15, 0.2) is 48.7 Å². The number of aliphatic hydroxyl groups excluding tert-OH is 1. The van der Waals surface area contributed by atoms with Gasteiger partial charge in [0.15, 0.2) is 5.82 Å². The Balaban J connectivity index is 1.60. The number of likely N-dealkylation sites (N-methyl/N-ethyl adjacent to an activating group) is 1. The minimum Gasteiger partial charge on any atom is -0.387 e. The smallest absolute Gasteiger partial charge is 0.151 e. The largest absolute Gasteiger partial charge is 0.387 e. The van der Waals surface area contributed by atoms with Gasteiger partial charge < -0.3 is 10.0 Å². The number of anilines is 1. The first-order chi connectivity index (χ1) is 11.2. The fraction of sp³-hybridized carbons (Fsp3) is 0.444. The lowest BCUT2D eigenvalue weighted by Gasteiger charge is -2.38. The van der Waals surface area contributed by atoms with E-state index in [1.165, 1.54) is 0 Å². The molecule has 23 heavy (non-hydrogen) atoms. The molecule has 1 saturated heterocycles. The van der Waals surface area contributed by atoms with Crippen LogP contribution in [0.2, 0.25) is 0 Å². The Kier molecular flexibility index (Phi) is 5.20. The van der Waals surface area contributed by atoms with Crippen LogP contribution in [0.1, 0.15) is 24.5 Å². The molecule has 1 fully saturated rings. The summed E-state index contributed by atoms with van der Waals surface area (Å²) in [5.74, 6) is 0.939. The van der Waals surface area contributed by atoms with Crippen molar-refractivity contribution in [3.63, 3.8) is 0 Å². The molecule has 5 nitrogen and oxygen atoms in total. The van der Waals surface area contributed by atoms with Crippen molar-refractivity contribution in [2.75, 3.05) is 31.6 Å². The van der Waals surface area contributed by atoms with Gasteiger partial charge in [-0.25, -0.2) is 0 Å². The summed E-state index contributed by atoms with van der Waals surface area (Å²) in [6.07, 6.45) is 3.53. The summed E-state index contributed by atoms with van der Waals surface area (Å²) >= 11 is 0. The van der Waals surface area contributed by atoms with Crippen LogP contribution in [0, 0.1) is 0 Å². The summed E-state index contributed by atoms with van der Waals surface area (Å²) in [6.45, 7) is 2.59. The molecule has 5 heteroatoms. The van der Waals surface area contributed by atoms with E-state index in [2.05, 4.69) is 27.0 Å². The first kappa shape index (κ1) is 15.9. The molecule has 1 aliphatic rings. The minimum absolute atomic E-state index is 0.420. The second-order valence-electron chi connectivity index (χ2n) is 6.19. The van der Waals surface area contributed by atoms with E-state index in [0.717, 1.165) is 37.3 Å². The van der Waals surface area contributed by atoms with Crippen LogP contribution in [0.4, 0.5) is 5.82 Å². The molecule has 2 aromatic rings. The number of aliphatic hydroxyl groups is 1. The molecule has 0 bridgehead atoms. The number of piperidine rings is 1. The van der Waals surface area contributed by atoms with Crippen molar-refractivity contribution in [1.82, 2.24) is 15.1 Å². The van der Waals surface area contributed by atoms with E-state index in [-0.39, 0.29) is 0 Å². The van der Waals surface area contributed by atoms with Crippen LogP contribution in [-0.4, -0.2) is 52.9 Å². The summed E-state index contributed by atoms with van der Waals surface area (Å²) < 4.78 is 0. The molecule has 122 valence electrons. The van der Waals surface area contributed by atoms with Gasteiger partial charge in [0.05, 0.1) is 6.10 Å². The molecule has 0 spiro atoms. The van der Waals surface area contributed by atoms with E-state index in [1.54, 1.807) is 6.20 Å². The summed E-state index contributed by atoms with van der Waals surface area (Å²) in [4.78, 5) is 4.55. The van der Waals surface area contributed by atoms with Crippen LogP contribution in [0.25, 0.3) is 0 Å². The lowest BCUT2D eigenvalue weighted by Crippen LogP contribution is -2.47. The monoisotopic (exact) mass is 312 g/mol. The van der Waals surface area contributed by atoms with Crippen molar-refractivity contribution in [2.45, 2.75) is 25.0 Å². The SMILES string of the molecule is CN(C[C@@H](O)c1ccccc1)[C@H]1CCCN(c2cccnn2)C1. The molecule has 1 aromatic heterocycles. The van der Waals surface area contributed by atoms with Gasteiger partial charge in [-0.15, -0.1) is 5.10 Å². The predicted molar refractivity (Wildman–Crippen MR) is 91.3 cm³/mol. The van der Waals surface area contributed by atoms with Gasteiger partial charge in [0.1, 0.15) is 0 Å². The summed E-state index contributed by atoms with van der Waals surface area (Å²) in [7, 11) is 2.09. The molecule has 0 saturated carbocycles. The van der Waals surface area contributed by atoms with Crippen LogP contribution >= 0.6 is 0 Å². The number of rotatable bonds is 5. The molecule has 1 aromatic carbocycles. The Morgan fingerprint density at radius 3 is 2.83 bits per heavy atom. The lowest BCUT2D eigenvalue weighted by molar-refractivity contribution is 0.0986. The summed E-state index contributed by atoms with van der Waals surface area (Å²) in [5.41, 5.74) is 0.973. The predicted octanol–water partition coefficient (Wildman–Crippen LogP) is 2.11. The van der Waals surface area contributed by atoms with Gasteiger partial charge in [-0.1, -0.05) is 30.3 Å². The zero-order valence-electron chi connectivity index (χ0n) is 13.5. The molecule has 3 rings (SSSR count). The zero-order chi connectivity index (χ0) is 16.1. The maximum absolute atomic E-state index is 10.4. The maximum Gasteiger partial charge on any atom is 0.151 e. The second kappa shape index (κ2) is 7.53. The topological polar surface area (TPSA) is 52.5 Å². The van der Waals surface area contributed by atoms with Crippen LogP contribution in [0.3, 0.4) is 0 Å². The van der Waals surface area contributed by atoms with Crippen LogP contribution in [-0.2, 0) is 0 Å². The first-order valence-electron chi connectivity index (χ1n) is 8.20. The highest BCUT2D eigenvalue weighted by Crippen LogP contribution is 2.21. The third-order valence-corrected chi connectivity index (χ3v) is 4.55. The van der Waals surface area contributed by atoms with Crippen molar-refractivity contribution < 1.29 is 5.11 Å². The Labute approximate surface area is 137 Å². The minimum atomic E-state index is -0.451. The number of benzene rings is 1. The lowest BCUT2D eigenvalue weighted by atomic mass is 10.0. The third kappa shape index (κ3) is 4.06. The number of hydrogen-bond donors (Lipinski definition) is 1. The Hall–Kier alpha value is -1.98. The maximum atomic E-state index is 10.4. The van der Waals surface area contributed by atoms with Crippen LogP contribution < -0.4 is 4.90 Å². The fourth-order valence-electron chi connectivity index (χ4n) is 3.19. The molecule has 1 N–H and O–H groups in total. The van der Waals surface area contributed by atoms with Gasteiger partial charge in [0.2, 0.25) is 0 Å². The molecule has 0 radical (unpaired) electrons. The molecule has 2 atom stereocenters. The van der Waals surface area contributed by atoms with Gasteiger partial charge in [-0.3, -0.25) is 4.90 Å². The van der Waals surface area contributed by atoms with Gasteiger partial charge in [-0.05, 0) is 37.6 Å².